The van der Waals surface area contributed by atoms with Crippen molar-refractivity contribution >= 4 is 5.95 Å². The second-order valence-corrected chi connectivity index (χ2v) is 7.23. The molecule has 0 aliphatic carbocycles. The van der Waals surface area contributed by atoms with Crippen LogP contribution < -0.4 is 10.2 Å². The van der Waals surface area contributed by atoms with E-state index in [1.165, 1.54) is 35.1 Å². The second kappa shape index (κ2) is 8.31. The Morgan fingerprint density at radius 1 is 1.04 bits per heavy atom. The molecule has 0 saturated carbocycles. The van der Waals surface area contributed by atoms with Crippen LogP contribution in [0.2, 0.25) is 0 Å². The van der Waals surface area contributed by atoms with Gasteiger partial charge in [0.25, 0.3) is 0 Å². The van der Waals surface area contributed by atoms with Crippen LogP contribution in [0.3, 0.4) is 0 Å². The van der Waals surface area contributed by atoms with E-state index in [1.54, 1.807) is 0 Å². The first kappa shape index (κ1) is 17.7. The molecular formula is C23H26N4. The van der Waals surface area contributed by atoms with Crippen LogP contribution in [0.1, 0.15) is 24.0 Å². The molecule has 0 bridgehead atoms. The minimum absolute atomic E-state index is 0.463. The predicted molar refractivity (Wildman–Crippen MR) is 111 cm³/mol. The van der Waals surface area contributed by atoms with Gasteiger partial charge >= 0.3 is 0 Å². The van der Waals surface area contributed by atoms with Gasteiger partial charge in [0.2, 0.25) is 5.95 Å². The number of benzene rings is 2. The van der Waals surface area contributed by atoms with Gasteiger partial charge in [-0.15, -0.1) is 0 Å². The highest BCUT2D eigenvalue weighted by Crippen LogP contribution is 2.24. The number of nitrogens with one attached hydrogen (secondary N) is 1. The van der Waals surface area contributed by atoms with E-state index in [2.05, 4.69) is 75.6 Å². The Morgan fingerprint density at radius 3 is 2.74 bits per heavy atom. The number of aryl methyl sites for hydroxylation is 1. The van der Waals surface area contributed by atoms with Gasteiger partial charge < -0.3 is 10.2 Å². The summed E-state index contributed by atoms with van der Waals surface area (Å²) in [7, 11) is 0. The third-order valence-electron chi connectivity index (χ3n) is 5.23. The fourth-order valence-electron chi connectivity index (χ4n) is 3.79. The first-order valence-corrected chi connectivity index (χ1v) is 9.70. The van der Waals surface area contributed by atoms with Crippen LogP contribution in [-0.2, 0) is 6.54 Å². The van der Waals surface area contributed by atoms with Crippen LogP contribution in [0.5, 0.6) is 0 Å². The van der Waals surface area contributed by atoms with Gasteiger partial charge in [0.05, 0.1) is 0 Å². The molecule has 2 aromatic carbocycles. The summed E-state index contributed by atoms with van der Waals surface area (Å²) in [4.78, 5) is 11.1. The zero-order valence-corrected chi connectivity index (χ0v) is 15.8. The minimum Gasteiger partial charge on any atom is -0.339 e. The molecule has 27 heavy (non-hydrogen) atoms. The second-order valence-electron chi connectivity index (χ2n) is 7.23. The third kappa shape index (κ3) is 4.34. The summed E-state index contributed by atoms with van der Waals surface area (Å²) in [6.07, 6.45) is 5.99. The monoisotopic (exact) mass is 358 g/mol. The molecule has 1 saturated heterocycles. The summed E-state index contributed by atoms with van der Waals surface area (Å²) in [5.41, 5.74) is 5.23. The lowest BCUT2D eigenvalue weighted by Gasteiger charge is -2.33. The van der Waals surface area contributed by atoms with Gasteiger partial charge in [-0.1, -0.05) is 42.5 Å². The molecule has 3 aromatic rings. The fraction of sp³-hybridized carbons (Fsp3) is 0.304. The van der Waals surface area contributed by atoms with Crippen molar-refractivity contribution < 1.29 is 0 Å². The lowest BCUT2D eigenvalue weighted by Crippen LogP contribution is -2.46. The highest BCUT2D eigenvalue weighted by molar-refractivity contribution is 5.67. The van der Waals surface area contributed by atoms with Gasteiger partial charge in [-0.3, -0.25) is 0 Å². The smallest absolute Gasteiger partial charge is 0.225 e. The zero-order chi connectivity index (χ0) is 18.5. The number of aromatic nitrogens is 2. The van der Waals surface area contributed by atoms with Crippen molar-refractivity contribution in [3.63, 3.8) is 0 Å². The van der Waals surface area contributed by atoms with E-state index < -0.39 is 0 Å². The summed E-state index contributed by atoms with van der Waals surface area (Å²) in [6, 6.07) is 19.7. The van der Waals surface area contributed by atoms with Crippen LogP contribution >= 0.6 is 0 Å². The Balaban J connectivity index is 1.40. The molecule has 0 radical (unpaired) electrons. The van der Waals surface area contributed by atoms with Gasteiger partial charge in [-0.2, -0.15) is 0 Å². The molecule has 0 amide bonds. The highest BCUT2D eigenvalue weighted by Gasteiger charge is 2.21. The first-order chi connectivity index (χ1) is 13.3. The molecule has 1 fully saturated rings. The molecule has 1 aromatic heterocycles. The molecule has 1 atom stereocenters. The van der Waals surface area contributed by atoms with E-state index in [0.717, 1.165) is 25.6 Å². The van der Waals surface area contributed by atoms with Crippen LogP contribution in [0.15, 0.2) is 67.0 Å². The number of hydrogen-bond acceptors (Lipinski definition) is 4. The van der Waals surface area contributed by atoms with Crippen LogP contribution in [0.25, 0.3) is 11.1 Å². The molecule has 1 aliphatic rings. The van der Waals surface area contributed by atoms with Crippen LogP contribution in [0.4, 0.5) is 5.95 Å². The van der Waals surface area contributed by atoms with Crippen molar-refractivity contribution in [3.05, 3.63) is 78.1 Å². The van der Waals surface area contributed by atoms with Crippen molar-refractivity contribution in [1.82, 2.24) is 15.3 Å². The predicted octanol–water partition coefficient (Wildman–Crippen LogP) is 4.21. The molecule has 0 spiro atoms. The Hall–Kier alpha value is -2.72. The molecular weight excluding hydrogens is 332 g/mol. The van der Waals surface area contributed by atoms with E-state index in [4.69, 9.17) is 0 Å². The number of hydrogen-bond donors (Lipinski definition) is 1. The highest BCUT2D eigenvalue weighted by atomic mass is 15.3. The summed E-state index contributed by atoms with van der Waals surface area (Å²) < 4.78 is 0. The van der Waals surface area contributed by atoms with E-state index >= 15 is 0 Å². The number of anilines is 1. The quantitative estimate of drug-likeness (QED) is 0.742. The summed E-state index contributed by atoms with van der Waals surface area (Å²) in [5, 5.41) is 3.73. The number of piperidine rings is 1. The van der Waals surface area contributed by atoms with Crippen molar-refractivity contribution in [2.75, 3.05) is 18.0 Å². The first-order valence-electron chi connectivity index (χ1n) is 9.70. The molecule has 0 unspecified atom stereocenters. The van der Waals surface area contributed by atoms with Gasteiger partial charge in [-0.25, -0.2) is 9.97 Å². The van der Waals surface area contributed by atoms with Crippen LogP contribution in [0, 0.1) is 6.92 Å². The normalized spacial score (nSPS) is 17.1. The average molecular weight is 358 g/mol. The molecule has 4 nitrogen and oxygen atoms in total. The third-order valence-corrected chi connectivity index (χ3v) is 5.23. The van der Waals surface area contributed by atoms with Crippen molar-refractivity contribution in [1.29, 1.82) is 0 Å². The molecule has 1 aliphatic heterocycles. The summed E-state index contributed by atoms with van der Waals surface area (Å²) in [6.45, 7) is 5.04. The molecule has 138 valence electrons. The van der Waals surface area contributed by atoms with Gasteiger partial charge in [0.1, 0.15) is 0 Å². The molecule has 2 heterocycles. The Kier molecular flexibility index (Phi) is 5.45. The standard InChI is InChI=1S/C23H26N4/c1-18-7-2-3-11-22(18)20-9-4-8-19(15-20)16-26-21-10-5-14-27(17-21)23-24-12-6-13-25-23/h2-4,6-9,11-13,15,21,26H,5,10,14,16-17H2,1H3/t21-/m1/s1. The fourth-order valence-corrected chi connectivity index (χ4v) is 3.79. The van der Waals surface area contributed by atoms with Gasteiger partial charge in [0.15, 0.2) is 0 Å². The Morgan fingerprint density at radius 2 is 1.89 bits per heavy atom. The molecule has 4 heteroatoms. The van der Waals surface area contributed by atoms with Crippen molar-refractivity contribution in [2.45, 2.75) is 32.4 Å². The molecule has 1 N–H and O–H groups in total. The maximum absolute atomic E-state index is 4.40. The van der Waals surface area contributed by atoms with Gasteiger partial charge in [0, 0.05) is 38.1 Å². The average Bonchev–Trinajstić information content (AvgIpc) is 2.74. The number of rotatable bonds is 5. The molecule has 4 rings (SSSR count). The summed E-state index contributed by atoms with van der Waals surface area (Å²) in [5.74, 6) is 0.838. The number of nitrogens with zero attached hydrogens (tertiary/aromatic N) is 3. The largest absolute Gasteiger partial charge is 0.339 e. The Labute approximate surface area is 161 Å². The SMILES string of the molecule is Cc1ccccc1-c1cccc(CN[C@@H]2CCCN(c3ncccn3)C2)c1. The van der Waals surface area contributed by atoms with Crippen molar-refractivity contribution in [2.24, 2.45) is 0 Å². The summed E-state index contributed by atoms with van der Waals surface area (Å²) >= 11 is 0. The lowest BCUT2D eigenvalue weighted by atomic mass is 9.98. The topological polar surface area (TPSA) is 41.0 Å². The minimum atomic E-state index is 0.463. The van der Waals surface area contributed by atoms with E-state index in [9.17, 15) is 0 Å². The van der Waals surface area contributed by atoms with Crippen LogP contribution in [-0.4, -0.2) is 29.1 Å². The maximum atomic E-state index is 4.40. The van der Waals surface area contributed by atoms with E-state index in [0.29, 0.717) is 6.04 Å². The lowest BCUT2D eigenvalue weighted by molar-refractivity contribution is 0.418. The van der Waals surface area contributed by atoms with Crippen molar-refractivity contribution in [3.8, 4) is 11.1 Å². The van der Waals surface area contributed by atoms with E-state index in [-0.39, 0.29) is 0 Å². The zero-order valence-electron chi connectivity index (χ0n) is 15.8. The maximum Gasteiger partial charge on any atom is 0.225 e. The van der Waals surface area contributed by atoms with Gasteiger partial charge in [-0.05, 0) is 54.2 Å². The van der Waals surface area contributed by atoms with E-state index in [1.807, 2.05) is 18.5 Å². The Bertz CT molecular complexity index is 878.